The summed E-state index contributed by atoms with van der Waals surface area (Å²) in [5.41, 5.74) is 1.51. The van der Waals surface area contributed by atoms with Crippen molar-refractivity contribution in [2.45, 2.75) is 13.8 Å². The molecule has 0 fully saturated rings. The van der Waals surface area contributed by atoms with Crippen molar-refractivity contribution in [3.05, 3.63) is 35.9 Å². The van der Waals surface area contributed by atoms with E-state index in [0.717, 1.165) is 5.69 Å². The summed E-state index contributed by atoms with van der Waals surface area (Å²) >= 11 is 0. The van der Waals surface area contributed by atoms with Gasteiger partial charge in [-0.3, -0.25) is 10.3 Å². The molecule has 0 saturated carbocycles. The molecule has 0 aliphatic heterocycles. The molecular weight excluding hydrogens is 220 g/mol. The normalized spacial score (nSPS) is 10.0. The average molecular weight is 232 g/mol. The Morgan fingerprint density at radius 2 is 2.12 bits per heavy atom. The molecular formula is C11H12N4O2. The molecule has 2 heterocycles. The van der Waals surface area contributed by atoms with Gasteiger partial charge in [0, 0.05) is 11.8 Å². The van der Waals surface area contributed by atoms with E-state index in [4.69, 9.17) is 4.52 Å². The lowest BCUT2D eigenvalue weighted by molar-refractivity contribution is 0.262. The summed E-state index contributed by atoms with van der Waals surface area (Å²) < 4.78 is 4.83. The number of amides is 2. The van der Waals surface area contributed by atoms with Crippen LogP contribution in [0.4, 0.5) is 16.3 Å². The van der Waals surface area contributed by atoms with Crippen LogP contribution in [0.15, 0.2) is 28.9 Å². The van der Waals surface area contributed by atoms with Gasteiger partial charge in [0.15, 0.2) is 5.82 Å². The van der Waals surface area contributed by atoms with Crippen LogP contribution in [0, 0.1) is 13.8 Å². The van der Waals surface area contributed by atoms with Gasteiger partial charge >= 0.3 is 6.03 Å². The fourth-order valence-electron chi connectivity index (χ4n) is 1.25. The molecule has 2 N–H and O–H groups in total. The Balaban J connectivity index is 1.95. The van der Waals surface area contributed by atoms with Crippen molar-refractivity contribution in [3.63, 3.8) is 0 Å². The van der Waals surface area contributed by atoms with Crippen molar-refractivity contribution < 1.29 is 9.32 Å². The van der Waals surface area contributed by atoms with Gasteiger partial charge < -0.3 is 9.84 Å². The highest BCUT2D eigenvalue weighted by molar-refractivity contribution is 5.98. The first-order valence-corrected chi connectivity index (χ1v) is 5.07. The maximum Gasteiger partial charge on any atom is 0.324 e. The summed E-state index contributed by atoms with van der Waals surface area (Å²) in [4.78, 5) is 15.6. The Morgan fingerprint density at radius 3 is 2.71 bits per heavy atom. The fraction of sp³-hybridized carbons (Fsp3) is 0.182. The number of nitrogens with zero attached hydrogens (tertiary/aromatic N) is 2. The predicted molar refractivity (Wildman–Crippen MR) is 62.9 cm³/mol. The number of nitrogens with one attached hydrogen (secondary N) is 2. The number of urea groups is 1. The van der Waals surface area contributed by atoms with Crippen LogP contribution in [0.1, 0.15) is 11.5 Å². The minimum Gasteiger partial charge on any atom is -0.360 e. The lowest BCUT2D eigenvalue weighted by Gasteiger charge is -2.04. The van der Waals surface area contributed by atoms with Crippen molar-refractivity contribution >= 4 is 17.5 Å². The van der Waals surface area contributed by atoms with Crippen LogP contribution < -0.4 is 10.6 Å². The Morgan fingerprint density at radius 1 is 1.29 bits per heavy atom. The summed E-state index contributed by atoms with van der Waals surface area (Å²) in [6, 6.07) is 4.84. The second kappa shape index (κ2) is 4.65. The standard InChI is InChI=1S/C11H12N4O2/c1-7-3-4-9(6-12-7)13-11(16)14-10-5-8(2)17-15-10/h3-6H,1-2H3,(H2,13,14,15,16). The number of aromatic nitrogens is 2. The highest BCUT2D eigenvalue weighted by Gasteiger charge is 2.05. The molecule has 0 aliphatic carbocycles. The minimum atomic E-state index is -0.385. The molecule has 6 heteroatoms. The van der Waals surface area contributed by atoms with Crippen LogP contribution in [0.25, 0.3) is 0 Å². The molecule has 17 heavy (non-hydrogen) atoms. The first kappa shape index (κ1) is 11.1. The molecule has 6 nitrogen and oxygen atoms in total. The number of hydrogen-bond donors (Lipinski definition) is 2. The molecule has 0 aliphatic rings. The second-order valence-electron chi connectivity index (χ2n) is 3.59. The van der Waals surface area contributed by atoms with Gasteiger partial charge in [0.05, 0.1) is 11.9 Å². The predicted octanol–water partition coefficient (Wildman–Crippen LogP) is 2.33. The second-order valence-corrected chi connectivity index (χ2v) is 3.59. The maximum atomic E-state index is 11.5. The van der Waals surface area contributed by atoms with E-state index in [9.17, 15) is 4.79 Å². The van der Waals surface area contributed by atoms with E-state index in [0.29, 0.717) is 17.3 Å². The topological polar surface area (TPSA) is 80.0 Å². The zero-order valence-corrected chi connectivity index (χ0v) is 9.52. The summed E-state index contributed by atoms with van der Waals surface area (Å²) in [6.07, 6.45) is 1.59. The van der Waals surface area contributed by atoms with E-state index in [2.05, 4.69) is 20.8 Å². The van der Waals surface area contributed by atoms with Crippen LogP contribution in [-0.2, 0) is 0 Å². The Bertz CT molecular complexity index is 519. The maximum absolute atomic E-state index is 11.5. The third-order valence-corrected chi connectivity index (χ3v) is 2.04. The number of aryl methyl sites for hydroxylation is 2. The van der Waals surface area contributed by atoms with Gasteiger partial charge in [0.25, 0.3) is 0 Å². The van der Waals surface area contributed by atoms with E-state index in [1.54, 1.807) is 25.3 Å². The number of hydrogen-bond acceptors (Lipinski definition) is 4. The number of pyridine rings is 1. The molecule has 2 aromatic heterocycles. The highest BCUT2D eigenvalue weighted by atomic mass is 16.5. The van der Waals surface area contributed by atoms with Crippen LogP contribution in [0.2, 0.25) is 0 Å². The molecule has 0 aromatic carbocycles. The fourth-order valence-corrected chi connectivity index (χ4v) is 1.25. The zero-order chi connectivity index (χ0) is 12.3. The smallest absolute Gasteiger partial charge is 0.324 e. The first-order chi connectivity index (χ1) is 8.13. The van der Waals surface area contributed by atoms with Crippen molar-refractivity contribution in [2.75, 3.05) is 10.6 Å². The van der Waals surface area contributed by atoms with Crippen LogP contribution in [-0.4, -0.2) is 16.2 Å². The molecule has 0 unspecified atom stereocenters. The molecule has 2 aromatic rings. The molecule has 88 valence electrons. The van der Waals surface area contributed by atoms with Crippen LogP contribution >= 0.6 is 0 Å². The number of rotatable bonds is 2. The molecule has 2 rings (SSSR count). The number of anilines is 2. The van der Waals surface area contributed by atoms with E-state index in [1.165, 1.54) is 0 Å². The zero-order valence-electron chi connectivity index (χ0n) is 9.52. The molecule has 2 amide bonds. The molecule has 0 bridgehead atoms. The Hall–Kier alpha value is -2.37. The van der Waals surface area contributed by atoms with Gasteiger partial charge in [-0.2, -0.15) is 0 Å². The van der Waals surface area contributed by atoms with Gasteiger partial charge in [-0.1, -0.05) is 5.16 Å². The van der Waals surface area contributed by atoms with E-state index < -0.39 is 0 Å². The largest absolute Gasteiger partial charge is 0.360 e. The Kier molecular flexibility index (Phi) is 3.04. The van der Waals surface area contributed by atoms with Crippen LogP contribution in [0.5, 0.6) is 0 Å². The molecule has 0 radical (unpaired) electrons. The molecule has 0 atom stereocenters. The van der Waals surface area contributed by atoms with Gasteiger partial charge in [-0.15, -0.1) is 0 Å². The van der Waals surface area contributed by atoms with E-state index in [1.807, 2.05) is 13.0 Å². The lowest BCUT2D eigenvalue weighted by Crippen LogP contribution is -2.19. The third-order valence-electron chi connectivity index (χ3n) is 2.04. The summed E-state index contributed by atoms with van der Waals surface area (Å²) in [5, 5.41) is 8.82. The molecule has 0 spiro atoms. The minimum absolute atomic E-state index is 0.375. The first-order valence-electron chi connectivity index (χ1n) is 5.07. The van der Waals surface area contributed by atoms with Gasteiger partial charge in [0.2, 0.25) is 0 Å². The van der Waals surface area contributed by atoms with E-state index >= 15 is 0 Å². The third kappa shape index (κ3) is 3.04. The lowest BCUT2D eigenvalue weighted by atomic mass is 10.3. The van der Waals surface area contributed by atoms with Crippen molar-refractivity contribution in [1.82, 2.24) is 10.1 Å². The summed E-state index contributed by atoms with van der Waals surface area (Å²) in [7, 11) is 0. The summed E-state index contributed by atoms with van der Waals surface area (Å²) in [6.45, 7) is 3.63. The van der Waals surface area contributed by atoms with Crippen molar-refractivity contribution in [1.29, 1.82) is 0 Å². The van der Waals surface area contributed by atoms with Gasteiger partial charge in [-0.05, 0) is 26.0 Å². The van der Waals surface area contributed by atoms with Gasteiger partial charge in [0.1, 0.15) is 5.76 Å². The highest BCUT2D eigenvalue weighted by Crippen LogP contribution is 2.09. The quantitative estimate of drug-likeness (QED) is 0.832. The van der Waals surface area contributed by atoms with Gasteiger partial charge in [-0.25, -0.2) is 4.79 Å². The van der Waals surface area contributed by atoms with Crippen LogP contribution in [0.3, 0.4) is 0 Å². The average Bonchev–Trinajstić information content (AvgIpc) is 2.67. The van der Waals surface area contributed by atoms with Crippen molar-refractivity contribution in [3.8, 4) is 0 Å². The number of carbonyl (C=O) groups excluding carboxylic acids is 1. The monoisotopic (exact) mass is 232 g/mol. The number of carbonyl (C=O) groups is 1. The van der Waals surface area contributed by atoms with Crippen molar-refractivity contribution in [2.24, 2.45) is 0 Å². The SMILES string of the molecule is Cc1ccc(NC(=O)Nc2cc(C)on2)cn1. The Labute approximate surface area is 98.0 Å². The molecule has 0 saturated heterocycles. The van der Waals surface area contributed by atoms with E-state index in [-0.39, 0.29) is 6.03 Å². The summed E-state index contributed by atoms with van der Waals surface area (Å²) in [5.74, 6) is 1.01.